The predicted octanol–water partition coefficient (Wildman–Crippen LogP) is 6.29. The first kappa shape index (κ1) is 26.7. The number of alkyl halides is 3. The van der Waals surface area contributed by atoms with Gasteiger partial charge in [0, 0.05) is 63.6 Å². The van der Waals surface area contributed by atoms with Crippen LogP contribution in [0.25, 0.3) is 21.3 Å². The van der Waals surface area contributed by atoms with Crippen molar-refractivity contribution in [3.8, 4) is 10.4 Å². The summed E-state index contributed by atoms with van der Waals surface area (Å²) < 4.78 is 45.8. The van der Waals surface area contributed by atoms with Gasteiger partial charge >= 0.3 is 11.9 Å². The highest BCUT2D eigenvalue weighted by molar-refractivity contribution is 7.99. The lowest BCUT2D eigenvalue weighted by Gasteiger charge is -2.44. The molecule has 0 radical (unpaired) electrons. The number of rotatable bonds is 3. The van der Waals surface area contributed by atoms with E-state index >= 15 is 0 Å². The van der Waals surface area contributed by atoms with Crippen LogP contribution in [0.15, 0.2) is 39.9 Å². The van der Waals surface area contributed by atoms with Gasteiger partial charge in [-0.3, -0.25) is 9.36 Å². The van der Waals surface area contributed by atoms with Gasteiger partial charge in [-0.2, -0.15) is 18.2 Å². The minimum Gasteiger partial charge on any atom is -0.352 e. The molecule has 0 N–H and O–H groups in total. The average Bonchev–Trinajstić information content (AvgIpc) is 3.55. The van der Waals surface area contributed by atoms with Crippen molar-refractivity contribution in [3.63, 3.8) is 0 Å². The van der Waals surface area contributed by atoms with E-state index in [0.29, 0.717) is 51.1 Å². The van der Waals surface area contributed by atoms with Gasteiger partial charge in [0.25, 0.3) is 0 Å². The van der Waals surface area contributed by atoms with Crippen LogP contribution >= 0.6 is 34.7 Å². The van der Waals surface area contributed by atoms with Crippen molar-refractivity contribution in [3.05, 3.63) is 51.2 Å². The van der Waals surface area contributed by atoms with Crippen molar-refractivity contribution in [2.45, 2.75) is 56.4 Å². The Morgan fingerprint density at radius 3 is 2.49 bits per heavy atom. The fourth-order valence-electron chi connectivity index (χ4n) is 5.95. The lowest BCUT2D eigenvalue weighted by Crippen LogP contribution is -2.58. The molecule has 12 heteroatoms. The van der Waals surface area contributed by atoms with Crippen LogP contribution in [0.2, 0.25) is 5.02 Å². The Bertz CT molecular complexity index is 1570. The Hall–Kier alpha value is -2.50. The number of thioether (sulfide) groups is 1. The van der Waals surface area contributed by atoms with Gasteiger partial charge in [-0.1, -0.05) is 18.2 Å². The quantitative estimate of drug-likeness (QED) is 0.333. The topological polar surface area (TPSA) is 58.4 Å². The van der Waals surface area contributed by atoms with Crippen LogP contribution in [0.3, 0.4) is 0 Å². The normalized spacial score (nSPS) is 22.3. The fraction of sp³-hybridized carbons (Fsp3) is 0.444. The van der Waals surface area contributed by atoms with Crippen molar-refractivity contribution in [2.75, 3.05) is 23.7 Å². The number of hydrogen-bond donors (Lipinski definition) is 0. The van der Waals surface area contributed by atoms with Gasteiger partial charge < -0.3 is 9.80 Å². The lowest BCUT2D eigenvalue weighted by atomic mass is 10.00. The lowest BCUT2D eigenvalue weighted by molar-refractivity contribution is -0.137. The number of halogens is 4. The fourth-order valence-corrected chi connectivity index (χ4v) is 8.71. The molecule has 1 saturated heterocycles. The van der Waals surface area contributed by atoms with Gasteiger partial charge in [-0.05, 0) is 50.3 Å². The zero-order valence-electron chi connectivity index (χ0n) is 21.3. The molecule has 6 rings (SSSR count). The molecule has 206 valence electrons. The standard InChI is InChI=1S/C27H26ClF3N4O2S2/c1-4-20(36)35-14(2)9-33(10-15(35)3)24-17-8-18(27(29,30)31)21(19-7-16(28)11-38-19)23-22(17)34(25(37)32-24)12-26(5-6-26)13-39-23/h4,7-8,11,14-15H,1,5-6,9-10,12-13H2,2-3H3/t14-,15+. The summed E-state index contributed by atoms with van der Waals surface area (Å²) >= 11 is 8.72. The van der Waals surface area contributed by atoms with Crippen molar-refractivity contribution >= 4 is 57.3 Å². The second-order valence-corrected chi connectivity index (χ2v) is 13.1. The third-order valence-corrected chi connectivity index (χ3v) is 10.7. The molecule has 1 spiro atoms. The molecule has 4 heterocycles. The largest absolute Gasteiger partial charge is 0.417 e. The van der Waals surface area contributed by atoms with Gasteiger partial charge in [-0.25, -0.2) is 4.79 Å². The van der Waals surface area contributed by atoms with E-state index in [4.69, 9.17) is 11.6 Å². The molecule has 2 atom stereocenters. The summed E-state index contributed by atoms with van der Waals surface area (Å²) in [5.74, 6) is 0.647. The molecular formula is C27H26ClF3N4O2S2. The highest BCUT2D eigenvalue weighted by Crippen LogP contribution is 2.56. The van der Waals surface area contributed by atoms with Crippen molar-refractivity contribution in [1.82, 2.24) is 14.5 Å². The van der Waals surface area contributed by atoms with E-state index in [1.807, 2.05) is 18.7 Å². The van der Waals surface area contributed by atoms with E-state index in [-0.39, 0.29) is 34.8 Å². The summed E-state index contributed by atoms with van der Waals surface area (Å²) in [6.45, 7) is 8.41. The van der Waals surface area contributed by atoms with Crippen LogP contribution in [0.5, 0.6) is 0 Å². The summed E-state index contributed by atoms with van der Waals surface area (Å²) in [4.78, 5) is 34.9. The van der Waals surface area contributed by atoms with Crippen molar-refractivity contribution in [2.24, 2.45) is 5.41 Å². The van der Waals surface area contributed by atoms with Gasteiger partial charge in [-0.15, -0.1) is 23.1 Å². The number of thiophene rings is 1. The predicted molar refractivity (Wildman–Crippen MR) is 150 cm³/mol. The maximum Gasteiger partial charge on any atom is 0.417 e. The van der Waals surface area contributed by atoms with Gasteiger partial charge in [0.2, 0.25) is 5.91 Å². The molecule has 2 fully saturated rings. The van der Waals surface area contributed by atoms with Gasteiger partial charge in [0.05, 0.1) is 16.1 Å². The summed E-state index contributed by atoms with van der Waals surface area (Å²) in [6.07, 6.45) is -1.54. The molecule has 0 bridgehead atoms. The first-order valence-electron chi connectivity index (χ1n) is 12.7. The van der Waals surface area contributed by atoms with Crippen LogP contribution in [0.4, 0.5) is 19.0 Å². The molecule has 3 aromatic rings. The van der Waals surface area contributed by atoms with Crippen LogP contribution in [0, 0.1) is 5.41 Å². The summed E-state index contributed by atoms with van der Waals surface area (Å²) in [5.41, 5.74) is -0.782. The molecule has 1 saturated carbocycles. The summed E-state index contributed by atoms with van der Waals surface area (Å²) in [7, 11) is 0. The summed E-state index contributed by atoms with van der Waals surface area (Å²) in [6, 6.07) is 2.20. The molecule has 1 aliphatic carbocycles. The third kappa shape index (κ3) is 4.46. The maximum atomic E-state index is 14.7. The number of carbonyl (C=O) groups excluding carboxylic acids is 1. The zero-order valence-corrected chi connectivity index (χ0v) is 23.7. The minimum atomic E-state index is -4.64. The Morgan fingerprint density at radius 2 is 1.92 bits per heavy atom. The molecule has 6 nitrogen and oxygen atoms in total. The van der Waals surface area contributed by atoms with E-state index in [1.54, 1.807) is 20.9 Å². The zero-order chi connectivity index (χ0) is 27.9. The first-order valence-corrected chi connectivity index (χ1v) is 14.9. The average molecular weight is 595 g/mol. The van der Waals surface area contributed by atoms with Crippen LogP contribution in [0.1, 0.15) is 32.3 Å². The Balaban J connectivity index is 1.63. The molecule has 3 aliphatic rings. The molecule has 39 heavy (non-hydrogen) atoms. The highest BCUT2D eigenvalue weighted by Gasteiger charge is 2.47. The number of amides is 1. The smallest absolute Gasteiger partial charge is 0.352 e. The number of aromatic nitrogens is 2. The van der Waals surface area contributed by atoms with E-state index in [0.717, 1.165) is 30.2 Å². The van der Waals surface area contributed by atoms with Crippen LogP contribution < -0.4 is 10.6 Å². The highest BCUT2D eigenvalue weighted by atomic mass is 35.5. The molecular weight excluding hydrogens is 569 g/mol. The monoisotopic (exact) mass is 594 g/mol. The number of benzene rings is 1. The number of hydrogen-bond acceptors (Lipinski definition) is 6. The Kier molecular flexibility index (Phi) is 6.35. The van der Waals surface area contributed by atoms with Crippen LogP contribution in [-0.4, -0.2) is 51.3 Å². The molecule has 0 unspecified atom stereocenters. The SMILES string of the molecule is C=CC(=O)N1[C@H](C)CN(c2nc(=O)n3c4c(c(-c5cc(Cl)cs5)c(C(F)(F)F)cc24)SCC2(CC2)C3)C[C@@H]1C. The third-order valence-electron chi connectivity index (χ3n) is 7.94. The molecule has 1 aromatic carbocycles. The van der Waals surface area contributed by atoms with E-state index in [2.05, 4.69) is 11.6 Å². The molecule has 1 amide bonds. The summed E-state index contributed by atoms with van der Waals surface area (Å²) in [5, 5.41) is 2.29. The minimum absolute atomic E-state index is 0.0723. The van der Waals surface area contributed by atoms with Crippen molar-refractivity contribution < 1.29 is 18.0 Å². The second-order valence-electron chi connectivity index (χ2n) is 10.8. The van der Waals surface area contributed by atoms with Crippen LogP contribution in [-0.2, 0) is 17.5 Å². The number of anilines is 1. The molecule has 2 aromatic heterocycles. The number of nitrogens with zero attached hydrogens (tertiary/aromatic N) is 4. The van der Waals surface area contributed by atoms with Gasteiger partial charge in [0.1, 0.15) is 5.82 Å². The number of piperazine rings is 1. The Morgan fingerprint density at radius 1 is 1.23 bits per heavy atom. The first-order chi connectivity index (χ1) is 18.4. The van der Waals surface area contributed by atoms with E-state index in [9.17, 15) is 22.8 Å². The molecule has 2 aliphatic heterocycles. The van der Waals surface area contributed by atoms with Gasteiger partial charge in [0.15, 0.2) is 0 Å². The second kappa shape index (κ2) is 9.27. The van der Waals surface area contributed by atoms with E-state index in [1.165, 1.54) is 17.8 Å². The Labute approximate surface area is 236 Å². The van der Waals surface area contributed by atoms with Crippen molar-refractivity contribution in [1.29, 1.82) is 0 Å². The van der Waals surface area contributed by atoms with E-state index < -0.39 is 17.4 Å². The maximum absolute atomic E-state index is 14.7. The number of carbonyl (C=O) groups is 1.